The molecule has 0 fully saturated rings. The molecule has 21 heavy (non-hydrogen) atoms. The number of nitriles is 1. The first-order valence-corrected chi connectivity index (χ1v) is 6.40. The number of rotatable bonds is 7. The lowest BCUT2D eigenvalue weighted by atomic mass is 9.97. The quantitative estimate of drug-likeness (QED) is 0.601. The van der Waals surface area contributed by atoms with Gasteiger partial charge in [-0.1, -0.05) is 0 Å². The van der Waals surface area contributed by atoms with Gasteiger partial charge >= 0.3 is 0 Å². The molecule has 1 rings (SSSR count). The SMILES string of the molecule is COC[C@H](C)NC(=O)[C@@H](C#N)C(=O)c1ccc(OC)cc1. The predicted molar refractivity (Wildman–Crippen MR) is 75.9 cm³/mol. The zero-order chi connectivity index (χ0) is 15.8. The molecular weight excluding hydrogens is 272 g/mol. The molecule has 1 N–H and O–H groups in total. The highest BCUT2D eigenvalue weighted by molar-refractivity contribution is 6.12. The van der Waals surface area contributed by atoms with Gasteiger partial charge in [0.05, 0.1) is 19.8 Å². The molecule has 0 aliphatic heterocycles. The molecule has 0 bridgehead atoms. The zero-order valence-corrected chi connectivity index (χ0v) is 12.3. The van der Waals surface area contributed by atoms with E-state index >= 15 is 0 Å². The summed E-state index contributed by atoms with van der Waals surface area (Å²) in [7, 11) is 3.02. The molecule has 0 saturated heterocycles. The van der Waals surface area contributed by atoms with E-state index in [0.29, 0.717) is 12.4 Å². The number of carbonyl (C=O) groups is 2. The number of methoxy groups -OCH3 is 2. The number of carbonyl (C=O) groups excluding carboxylic acids is 2. The second-order valence-corrected chi connectivity index (χ2v) is 4.52. The van der Waals surface area contributed by atoms with Gasteiger partial charge < -0.3 is 14.8 Å². The highest BCUT2D eigenvalue weighted by Crippen LogP contribution is 2.15. The summed E-state index contributed by atoms with van der Waals surface area (Å²) in [5, 5.41) is 11.7. The van der Waals surface area contributed by atoms with Crippen molar-refractivity contribution in [2.24, 2.45) is 5.92 Å². The Bertz CT molecular complexity index is 534. The molecule has 0 aliphatic rings. The summed E-state index contributed by atoms with van der Waals surface area (Å²) in [6.45, 7) is 2.04. The molecular formula is C15H18N2O4. The van der Waals surface area contributed by atoms with E-state index in [-0.39, 0.29) is 11.6 Å². The lowest BCUT2D eigenvalue weighted by Crippen LogP contribution is -2.41. The number of hydrogen-bond donors (Lipinski definition) is 1. The van der Waals surface area contributed by atoms with Crippen molar-refractivity contribution in [3.05, 3.63) is 29.8 Å². The van der Waals surface area contributed by atoms with E-state index in [2.05, 4.69) is 5.32 Å². The van der Waals surface area contributed by atoms with Crippen molar-refractivity contribution in [3.8, 4) is 11.8 Å². The summed E-state index contributed by atoms with van der Waals surface area (Å²) in [4.78, 5) is 24.2. The Kier molecular flexibility index (Phi) is 6.37. The minimum Gasteiger partial charge on any atom is -0.497 e. The van der Waals surface area contributed by atoms with E-state index in [1.165, 1.54) is 26.4 Å². The smallest absolute Gasteiger partial charge is 0.245 e. The molecule has 1 amide bonds. The summed E-state index contributed by atoms with van der Waals surface area (Å²) in [5.74, 6) is -1.94. The molecule has 0 unspecified atom stereocenters. The van der Waals surface area contributed by atoms with E-state index in [0.717, 1.165) is 0 Å². The van der Waals surface area contributed by atoms with Gasteiger partial charge in [-0.2, -0.15) is 5.26 Å². The Hall–Kier alpha value is -2.39. The van der Waals surface area contributed by atoms with Gasteiger partial charge in [-0.25, -0.2) is 0 Å². The monoisotopic (exact) mass is 290 g/mol. The number of amides is 1. The summed E-state index contributed by atoms with van der Waals surface area (Å²) in [6, 6.07) is 7.73. The molecule has 112 valence electrons. The van der Waals surface area contributed by atoms with Gasteiger partial charge in [0.1, 0.15) is 5.75 Å². The van der Waals surface area contributed by atoms with Crippen LogP contribution in [0.25, 0.3) is 0 Å². The predicted octanol–water partition coefficient (Wildman–Crippen LogP) is 1.17. The third-order valence-corrected chi connectivity index (χ3v) is 2.83. The molecule has 6 heteroatoms. The number of ketones is 1. The topological polar surface area (TPSA) is 88.4 Å². The Morgan fingerprint density at radius 3 is 2.38 bits per heavy atom. The van der Waals surface area contributed by atoms with Crippen LogP contribution < -0.4 is 10.1 Å². The lowest BCUT2D eigenvalue weighted by molar-refractivity contribution is -0.123. The van der Waals surface area contributed by atoms with Crippen molar-refractivity contribution >= 4 is 11.7 Å². The second kappa shape index (κ2) is 8.02. The summed E-state index contributed by atoms with van der Waals surface area (Å²) >= 11 is 0. The van der Waals surface area contributed by atoms with Gasteiger partial charge in [0.15, 0.2) is 11.7 Å². The van der Waals surface area contributed by atoms with Gasteiger partial charge in [-0.05, 0) is 31.2 Å². The maximum atomic E-state index is 12.2. The molecule has 0 aliphatic carbocycles. The number of nitrogens with zero attached hydrogens (tertiary/aromatic N) is 1. The van der Waals surface area contributed by atoms with Crippen LogP contribution in [0.3, 0.4) is 0 Å². The van der Waals surface area contributed by atoms with Crippen LogP contribution in [0.4, 0.5) is 0 Å². The summed E-state index contributed by atoms with van der Waals surface area (Å²) in [5.41, 5.74) is 0.289. The van der Waals surface area contributed by atoms with E-state index in [1.54, 1.807) is 25.1 Å². The van der Waals surface area contributed by atoms with Crippen molar-refractivity contribution in [1.29, 1.82) is 5.26 Å². The largest absolute Gasteiger partial charge is 0.497 e. The molecule has 0 radical (unpaired) electrons. The minimum absolute atomic E-state index is 0.276. The standard InChI is InChI=1S/C15H18N2O4/c1-10(9-20-2)17-15(19)13(8-16)14(18)11-4-6-12(21-3)7-5-11/h4-7,10,13H,9H2,1-3H3,(H,17,19)/t10-,13-/m0/s1. The number of Topliss-reactive ketones (excluding diaryl/α,β-unsaturated/α-hetero) is 1. The average Bonchev–Trinajstić information content (AvgIpc) is 2.48. The van der Waals surface area contributed by atoms with Crippen LogP contribution in [0.15, 0.2) is 24.3 Å². The molecule has 0 spiro atoms. The number of hydrogen-bond acceptors (Lipinski definition) is 5. The zero-order valence-electron chi connectivity index (χ0n) is 12.3. The maximum absolute atomic E-state index is 12.2. The number of nitrogens with one attached hydrogen (secondary N) is 1. The average molecular weight is 290 g/mol. The highest BCUT2D eigenvalue weighted by Gasteiger charge is 2.28. The first-order chi connectivity index (χ1) is 10.0. The van der Waals surface area contributed by atoms with Crippen LogP contribution in [0.1, 0.15) is 17.3 Å². The van der Waals surface area contributed by atoms with Crippen molar-refractivity contribution in [2.75, 3.05) is 20.8 Å². The molecule has 2 atom stereocenters. The van der Waals surface area contributed by atoms with Gasteiger partial charge in [0, 0.05) is 18.7 Å². The van der Waals surface area contributed by atoms with Crippen molar-refractivity contribution in [3.63, 3.8) is 0 Å². The van der Waals surface area contributed by atoms with Gasteiger partial charge in [0.25, 0.3) is 0 Å². The number of benzene rings is 1. The third-order valence-electron chi connectivity index (χ3n) is 2.83. The van der Waals surface area contributed by atoms with E-state index in [4.69, 9.17) is 14.7 Å². The second-order valence-electron chi connectivity index (χ2n) is 4.52. The Morgan fingerprint density at radius 2 is 1.90 bits per heavy atom. The van der Waals surface area contributed by atoms with Gasteiger partial charge in [-0.15, -0.1) is 0 Å². The molecule has 1 aromatic rings. The molecule has 0 saturated carbocycles. The van der Waals surface area contributed by atoms with E-state index in [9.17, 15) is 9.59 Å². The Labute approximate surface area is 123 Å². The van der Waals surface area contributed by atoms with Crippen LogP contribution in [-0.2, 0) is 9.53 Å². The molecule has 0 heterocycles. The maximum Gasteiger partial charge on any atom is 0.245 e. The summed E-state index contributed by atoms with van der Waals surface area (Å²) < 4.78 is 9.89. The van der Waals surface area contributed by atoms with Crippen molar-refractivity contribution in [1.82, 2.24) is 5.32 Å². The van der Waals surface area contributed by atoms with Crippen molar-refractivity contribution in [2.45, 2.75) is 13.0 Å². The first-order valence-electron chi connectivity index (χ1n) is 6.40. The highest BCUT2D eigenvalue weighted by atomic mass is 16.5. The van der Waals surface area contributed by atoms with Crippen LogP contribution in [0.5, 0.6) is 5.75 Å². The van der Waals surface area contributed by atoms with E-state index in [1.807, 2.05) is 0 Å². The van der Waals surface area contributed by atoms with E-state index < -0.39 is 17.6 Å². The molecule has 1 aromatic carbocycles. The van der Waals surface area contributed by atoms with Crippen LogP contribution in [-0.4, -0.2) is 38.6 Å². The number of ether oxygens (including phenoxy) is 2. The fraction of sp³-hybridized carbons (Fsp3) is 0.400. The van der Waals surface area contributed by atoms with Crippen LogP contribution in [0.2, 0.25) is 0 Å². The molecule has 6 nitrogen and oxygen atoms in total. The summed E-state index contributed by atoms with van der Waals surface area (Å²) in [6.07, 6.45) is 0. The fourth-order valence-electron chi connectivity index (χ4n) is 1.78. The van der Waals surface area contributed by atoms with Crippen LogP contribution >= 0.6 is 0 Å². The lowest BCUT2D eigenvalue weighted by Gasteiger charge is -2.15. The first kappa shape index (κ1) is 16.7. The Morgan fingerprint density at radius 1 is 1.29 bits per heavy atom. The minimum atomic E-state index is -1.38. The van der Waals surface area contributed by atoms with Crippen LogP contribution in [0, 0.1) is 17.2 Å². The van der Waals surface area contributed by atoms with Gasteiger partial charge in [-0.3, -0.25) is 9.59 Å². The van der Waals surface area contributed by atoms with Crippen molar-refractivity contribution < 1.29 is 19.1 Å². The normalized spacial score (nSPS) is 12.9. The fourth-order valence-corrected chi connectivity index (χ4v) is 1.78. The van der Waals surface area contributed by atoms with Gasteiger partial charge in [0.2, 0.25) is 5.91 Å². The third kappa shape index (κ3) is 4.58. The molecule has 0 aromatic heterocycles. The Balaban J connectivity index is 2.81.